The molecule has 6 nitrogen and oxygen atoms in total. The molecular weight excluding hydrogens is 310 g/mol. The highest BCUT2D eigenvalue weighted by Crippen LogP contribution is 2.24. The molecule has 1 aromatic heterocycles. The maximum absolute atomic E-state index is 12.2. The lowest BCUT2D eigenvalue weighted by Crippen LogP contribution is -2.25. The fourth-order valence-electron chi connectivity index (χ4n) is 1.88. The molecule has 1 aromatic carbocycles. The first-order chi connectivity index (χ1) is 9.92. The molecule has 0 aliphatic carbocycles. The highest BCUT2D eigenvalue weighted by atomic mass is 32.2. The first-order valence-corrected chi connectivity index (χ1v) is 8.58. The molecule has 0 saturated heterocycles. The number of hydrogen-bond acceptors (Lipinski definition) is 6. The van der Waals surface area contributed by atoms with E-state index in [0.717, 1.165) is 22.6 Å². The van der Waals surface area contributed by atoms with Crippen molar-refractivity contribution >= 4 is 26.5 Å². The van der Waals surface area contributed by atoms with Gasteiger partial charge in [0.15, 0.2) is 9.34 Å². The first-order valence-electron chi connectivity index (χ1n) is 6.28. The van der Waals surface area contributed by atoms with Crippen LogP contribution in [0.15, 0.2) is 28.5 Å². The highest BCUT2D eigenvalue weighted by Gasteiger charge is 2.20. The van der Waals surface area contributed by atoms with Crippen LogP contribution in [-0.2, 0) is 16.4 Å². The monoisotopic (exact) mass is 327 g/mol. The van der Waals surface area contributed by atoms with Gasteiger partial charge in [-0.3, -0.25) is 0 Å². The standard InChI is InChI=1S/C13H17N3O3S2/c1-9-12(20-13(14)16-9)21(17,18)15-7-6-10-4-3-5-11(8-10)19-2/h3-5,8,15H,6-7H2,1-2H3,(H2,14,16). The normalized spacial score (nSPS) is 11.5. The van der Waals surface area contributed by atoms with E-state index in [4.69, 9.17) is 10.5 Å². The van der Waals surface area contributed by atoms with E-state index in [2.05, 4.69) is 9.71 Å². The second kappa shape index (κ2) is 6.42. The number of nitrogens with one attached hydrogen (secondary N) is 1. The van der Waals surface area contributed by atoms with Gasteiger partial charge < -0.3 is 10.5 Å². The van der Waals surface area contributed by atoms with E-state index in [9.17, 15) is 8.42 Å². The summed E-state index contributed by atoms with van der Waals surface area (Å²) in [5.41, 5.74) is 6.95. The lowest BCUT2D eigenvalue weighted by molar-refractivity contribution is 0.414. The van der Waals surface area contributed by atoms with Crippen LogP contribution in [0.2, 0.25) is 0 Å². The van der Waals surface area contributed by atoms with Crippen LogP contribution in [0.1, 0.15) is 11.3 Å². The molecule has 0 saturated carbocycles. The topological polar surface area (TPSA) is 94.3 Å². The van der Waals surface area contributed by atoms with E-state index >= 15 is 0 Å². The third-order valence-electron chi connectivity index (χ3n) is 2.85. The minimum atomic E-state index is -3.56. The number of nitrogens with zero attached hydrogens (tertiary/aromatic N) is 1. The molecule has 1 heterocycles. The molecule has 0 amide bonds. The van der Waals surface area contributed by atoms with E-state index in [1.165, 1.54) is 0 Å². The van der Waals surface area contributed by atoms with Gasteiger partial charge in [-0.1, -0.05) is 23.5 Å². The van der Waals surface area contributed by atoms with Crippen LogP contribution < -0.4 is 15.2 Å². The van der Waals surface area contributed by atoms with Crippen molar-refractivity contribution in [2.75, 3.05) is 19.4 Å². The van der Waals surface area contributed by atoms with E-state index in [-0.39, 0.29) is 9.34 Å². The van der Waals surface area contributed by atoms with Crippen molar-refractivity contribution in [1.29, 1.82) is 0 Å². The number of rotatable bonds is 6. The molecule has 114 valence electrons. The number of nitrogen functional groups attached to an aromatic ring is 1. The summed E-state index contributed by atoms with van der Waals surface area (Å²) in [6, 6.07) is 7.52. The maximum Gasteiger partial charge on any atom is 0.252 e. The summed E-state index contributed by atoms with van der Waals surface area (Å²) in [7, 11) is -1.97. The van der Waals surface area contributed by atoms with Crippen molar-refractivity contribution in [3.8, 4) is 5.75 Å². The number of hydrogen-bond donors (Lipinski definition) is 2. The van der Waals surface area contributed by atoms with Crippen LogP contribution in [-0.4, -0.2) is 27.1 Å². The van der Waals surface area contributed by atoms with Gasteiger partial charge in [-0.2, -0.15) is 0 Å². The van der Waals surface area contributed by atoms with E-state index < -0.39 is 10.0 Å². The van der Waals surface area contributed by atoms with Crippen molar-refractivity contribution in [1.82, 2.24) is 9.71 Å². The summed E-state index contributed by atoms with van der Waals surface area (Å²) in [4.78, 5) is 3.93. The minimum absolute atomic E-state index is 0.172. The fraction of sp³-hybridized carbons (Fsp3) is 0.308. The number of sulfonamides is 1. The van der Waals surface area contributed by atoms with E-state index in [1.54, 1.807) is 14.0 Å². The van der Waals surface area contributed by atoms with Gasteiger partial charge in [0.2, 0.25) is 0 Å². The Kier molecular flexibility index (Phi) is 4.81. The van der Waals surface area contributed by atoms with Crippen molar-refractivity contribution in [2.24, 2.45) is 0 Å². The predicted molar refractivity (Wildman–Crippen MR) is 83.1 cm³/mol. The number of benzene rings is 1. The molecule has 3 N–H and O–H groups in total. The molecule has 0 unspecified atom stereocenters. The Labute approximate surface area is 128 Å². The third kappa shape index (κ3) is 3.93. The summed E-state index contributed by atoms with van der Waals surface area (Å²) >= 11 is 0.970. The second-order valence-corrected chi connectivity index (χ2v) is 7.42. The van der Waals surface area contributed by atoms with Crippen molar-refractivity contribution in [3.63, 3.8) is 0 Å². The van der Waals surface area contributed by atoms with Gasteiger partial charge in [0, 0.05) is 6.54 Å². The Morgan fingerprint density at radius 3 is 2.81 bits per heavy atom. The van der Waals surface area contributed by atoms with Gasteiger partial charge >= 0.3 is 0 Å². The van der Waals surface area contributed by atoms with Crippen LogP contribution in [0.5, 0.6) is 5.75 Å². The van der Waals surface area contributed by atoms with Crippen LogP contribution in [0, 0.1) is 6.92 Å². The second-order valence-electron chi connectivity index (χ2n) is 4.42. The van der Waals surface area contributed by atoms with Crippen LogP contribution in [0.3, 0.4) is 0 Å². The maximum atomic E-state index is 12.2. The number of anilines is 1. The highest BCUT2D eigenvalue weighted by molar-refractivity contribution is 7.91. The van der Waals surface area contributed by atoms with Gasteiger partial charge in [-0.05, 0) is 31.0 Å². The van der Waals surface area contributed by atoms with Gasteiger partial charge in [-0.15, -0.1) is 0 Å². The first kappa shape index (κ1) is 15.7. The van der Waals surface area contributed by atoms with Crippen LogP contribution in [0.25, 0.3) is 0 Å². The van der Waals surface area contributed by atoms with Crippen molar-refractivity contribution in [3.05, 3.63) is 35.5 Å². The minimum Gasteiger partial charge on any atom is -0.497 e. The average Bonchev–Trinajstić information content (AvgIpc) is 2.78. The van der Waals surface area contributed by atoms with E-state index in [1.807, 2.05) is 24.3 Å². The quantitative estimate of drug-likeness (QED) is 0.840. The zero-order valence-electron chi connectivity index (χ0n) is 11.8. The molecule has 0 atom stereocenters. The molecule has 21 heavy (non-hydrogen) atoms. The predicted octanol–water partition coefficient (Wildman–Crippen LogP) is 1.56. The van der Waals surface area contributed by atoms with Gasteiger partial charge in [-0.25, -0.2) is 18.1 Å². The molecule has 0 fully saturated rings. The summed E-state index contributed by atoms with van der Waals surface area (Å²) in [5, 5.41) is 0.251. The number of aromatic nitrogens is 1. The molecule has 2 rings (SSSR count). The molecular formula is C13H17N3O3S2. The van der Waals surface area contributed by atoms with Gasteiger partial charge in [0.05, 0.1) is 12.8 Å². The zero-order chi connectivity index (χ0) is 15.5. The Bertz CT molecular complexity index is 726. The molecule has 0 aliphatic rings. The van der Waals surface area contributed by atoms with Gasteiger partial charge in [0.1, 0.15) is 5.75 Å². The Hall–Kier alpha value is -1.64. The molecule has 8 heteroatoms. The lowest BCUT2D eigenvalue weighted by atomic mass is 10.1. The number of nitrogens with two attached hydrogens (primary N) is 1. The Morgan fingerprint density at radius 1 is 1.43 bits per heavy atom. The molecule has 0 bridgehead atoms. The summed E-state index contributed by atoms with van der Waals surface area (Å²) in [6.45, 7) is 1.93. The number of methoxy groups -OCH3 is 1. The summed E-state index contributed by atoms with van der Waals surface area (Å²) in [5.74, 6) is 0.751. The number of ether oxygens (including phenoxy) is 1. The Balaban J connectivity index is 2.00. The van der Waals surface area contributed by atoms with Gasteiger partial charge in [0.25, 0.3) is 10.0 Å². The molecule has 0 aliphatic heterocycles. The largest absolute Gasteiger partial charge is 0.497 e. The van der Waals surface area contributed by atoms with Crippen molar-refractivity contribution < 1.29 is 13.2 Å². The zero-order valence-corrected chi connectivity index (χ0v) is 13.4. The summed E-state index contributed by atoms with van der Waals surface area (Å²) in [6.07, 6.45) is 0.573. The Morgan fingerprint density at radius 2 is 2.19 bits per heavy atom. The van der Waals surface area contributed by atoms with Crippen molar-refractivity contribution in [2.45, 2.75) is 17.6 Å². The molecule has 0 radical (unpaired) electrons. The fourth-order valence-corrected chi connectivity index (χ4v) is 4.25. The van der Waals surface area contributed by atoms with Crippen LogP contribution in [0.4, 0.5) is 5.13 Å². The molecule has 0 spiro atoms. The SMILES string of the molecule is COc1cccc(CCNS(=O)(=O)c2sc(N)nc2C)c1. The number of thiazole rings is 1. The third-order valence-corrected chi connectivity index (χ3v) is 5.91. The average molecular weight is 327 g/mol. The molecule has 2 aromatic rings. The summed E-state index contributed by atoms with van der Waals surface area (Å²) < 4.78 is 32.2. The lowest BCUT2D eigenvalue weighted by Gasteiger charge is -2.06. The smallest absolute Gasteiger partial charge is 0.252 e. The number of aryl methyl sites for hydroxylation is 1. The van der Waals surface area contributed by atoms with E-state index in [0.29, 0.717) is 18.7 Å². The van der Waals surface area contributed by atoms with Crippen LogP contribution >= 0.6 is 11.3 Å².